The fourth-order valence-electron chi connectivity index (χ4n) is 2.05. The van der Waals surface area contributed by atoms with E-state index in [1.54, 1.807) is 6.26 Å². The second kappa shape index (κ2) is 5.34. The summed E-state index contributed by atoms with van der Waals surface area (Å²) in [4.78, 5) is 0. The fourth-order valence-corrected chi connectivity index (χ4v) is 2.05. The van der Waals surface area contributed by atoms with E-state index < -0.39 is 0 Å². The summed E-state index contributed by atoms with van der Waals surface area (Å²) < 4.78 is 7.19. The number of hydrogen-bond acceptors (Lipinski definition) is 4. The predicted molar refractivity (Wildman–Crippen MR) is 74.8 cm³/mol. The van der Waals surface area contributed by atoms with E-state index in [0.717, 1.165) is 30.2 Å². The van der Waals surface area contributed by atoms with Crippen molar-refractivity contribution in [3.05, 3.63) is 47.6 Å². The second-order valence-corrected chi connectivity index (χ2v) is 4.74. The van der Waals surface area contributed by atoms with Gasteiger partial charge < -0.3 is 9.73 Å². The lowest BCUT2D eigenvalue weighted by Gasteiger charge is -2.02. The number of aromatic nitrogens is 4. The number of aromatic amines is 1. The summed E-state index contributed by atoms with van der Waals surface area (Å²) in [6.45, 7) is 3.58. The SMILES string of the molecule is Cc1c(CNCc2cc(-c3ccco3)n[nH]2)cnn1C. The van der Waals surface area contributed by atoms with E-state index in [0.29, 0.717) is 0 Å². The Labute approximate surface area is 116 Å². The Balaban J connectivity index is 1.58. The Morgan fingerprint density at radius 1 is 1.40 bits per heavy atom. The van der Waals surface area contributed by atoms with Crippen molar-refractivity contribution in [3.63, 3.8) is 0 Å². The highest BCUT2D eigenvalue weighted by atomic mass is 16.3. The first kappa shape index (κ1) is 12.7. The fraction of sp³-hybridized carbons (Fsp3) is 0.286. The van der Waals surface area contributed by atoms with E-state index >= 15 is 0 Å². The monoisotopic (exact) mass is 271 g/mol. The molecule has 104 valence electrons. The van der Waals surface area contributed by atoms with Crippen LogP contribution >= 0.6 is 0 Å². The minimum atomic E-state index is 0.724. The van der Waals surface area contributed by atoms with Gasteiger partial charge in [0.05, 0.1) is 12.5 Å². The van der Waals surface area contributed by atoms with Crippen molar-refractivity contribution in [2.75, 3.05) is 0 Å². The molecule has 0 unspecified atom stereocenters. The lowest BCUT2D eigenvalue weighted by atomic mass is 10.2. The molecule has 0 radical (unpaired) electrons. The highest BCUT2D eigenvalue weighted by Gasteiger charge is 2.07. The van der Waals surface area contributed by atoms with Crippen LogP contribution < -0.4 is 5.32 Å². The van der Waals surface area contributed by atoms with Gasteiger partial charge in [-0.15, -0.1) is 0 Å². The lowest BCUT2D eigenvalue weighted by molar-refractivity contribution is 0.580. The lowest BCUT2D eigenvalue weighted by Crippen LogP contribution is -2.13. The number of hydrogen-bond donors (Lipinski definition) is 2. The zero-order chi connectivity index (χ0) is 13.9. The zero-order valence-electron chi connectivity index (χ0n) is 11.6. The molecule has 0 spiro atoms. The molecule has 3 rings (SSSR count). The summed E-state index contributed by atoms with van der Waals surface area (Å²) in [7, 11) is 1.95. The van der Waals surface area contributed by atoms with Crippen LogP contribution in [0.5, 0.6) is 0 Å². The average Bonchev–Trinajstić information content (AvgIpc) is 3.15. The third-order valence-corrected chi connectivity index (χ3v) is 3.37. The molecule has 20 heavy (non-hydrogen) atoms. The Bertz CT molecular complexity index is 680. The van der Waals surface area contributed by atoms with Crippen LogP contribution in [0.4, 0.5) is 0 Å². The van der Waals surface area contributed by atoms with Gasteiger partial charge in [0, 0.05) is 37.1 Å². The maximum atomic E-state index is 5.31. The van der Waals surface area contributed by atoms with Gasteiger partial charge in [-0.2, -0.15) is 10.2 Å². The summed E-state index contributed by atoms with van der Waals surface area (Å²) in [5.41, 5.74) is 4.24. The van der Waals surface area contributed by atoms with Crippen LogP contribution in [0.3, 0.4) is 0 Å². The van der Waals surface area contributed by atoms with Crippen molar-refractivity contribution in [2.45, 2.75) is 20.0 Å². The molecule has 6 nitrogen and oxygen atoms in total. The van der Waals surface area contributed by atoms with Gasteiger partial charge in [0.15, 0.2) is 5.76 Å². The van der Waals surface area contributed by atoms with Gasteiger partial charge >= 0.3 is 0 Å². The number of furan rings is 1. The van der Waals surface area contributed by atoms with Crippen molar-refractivity contribution in [1.82, 2.24) is 25.3 Å². The first-order valence-corrected chi connectivity index (χ1v) is 6.50. The maximum Gasteiger partial charge on any atom is 0.154 e. The van der Waals surface area contributed by atoms with E-state index in [-0.39, 0.29) is 0 Å². The van der Waals surface area contributed by atoms with E-state index in [1.165, 1.54) is 11.3 Å². The number of rotatable bonds is 5. The molecule has 3 heterocycles. The first-order chi connectivity index (χ1) is 9.74. The van der Waals surface area contributed by atoms with Crippen LogP contribution in [0.15, 0.2) is 35.1 Å². The van der Waals surface area contributed by atoms with Gasteiger partial charge in [0.25, 0.3) is 0 Å². The van der Waals surface area contributed by atoms with Crippen molar-refractivity contribution >= 4 is 0 Å². The van der Waals surface area contributed by atoms with Crippen LogP contribution in [0.1, 0.15) is 17.0 Å². The van der Waals surface area contributed by atoms with Crippen LogP contribution in [-0.2, 0) is 20.1 Å². The van der Waals surface area contributed by atoms with Crippen LogP contribution in [0.25, 0.3) is 11.5 Å². The number of nitrogens with one attached hydrogen (secondary N) is 2. The van der Waals surface area contributed by atoms with E-state index in [2.05, 4.69) is 27.5 Å². The van der Waals surface area contributed by atoms with E-state index in [1.807, 2.05) is 36.1 Å². The predicted octanol–water partition coefficient (Wildman–Crippen LogP) is 2.00. The molecular formula is C14H17N5O. The Morgan fingerprint density at radius 2 is 2.30 bits per heavy atom. The Hall–Kier alpha value is -2.34. The minimum Gasteiger partial charge on any atom is -0.463 e. The summed E-state index contributed by atoms with van der Waals surface area (Å²) in [5, 5.41) is 14.8. The van der Waals surface area contributed by atoms with Gasteiger partial charge in [-0.1, -0.05) is 0 Å². The standard InChI is InChI=1S/C14H17N5O/c1-10-11(8-16-19(10)2)7-15-9-12-6-13(18-17-12)14-4-3-5-20-14/h3-6,8,15H,7,9H2,1-2H3,(H,17,18). The third-order valence-electron chi connectivity index (χ3n) is 3.37. The quantitative estimate of drug-likeness (QED) is 0.744. The molecule has 0 aliphatic heterocycles. The molecule has 2 N–H and O–H groups in total. The maximum absolute atomic E-state index is 5.31. The summed E-state index contributed by atoms with van der Waals surface area (Å²) >= 11 is 0. The van der Waals surface area contributed by atoms with E-state index in [9.17, 15) is 0 Å². The molecule has 0 fully saturated rings. The topological polar surface area (TPSA) is 71.7 Å². The average molecular weight is 271 g/mol. The molecule has 0 bridgehead atoms. The largest absolute Gasteiger partial charge is 0.463 e. The molecule has 3 aromatic rings. The van der Waals surface area contributed by atoms with Crippen molar-refractivity contribution < 1.29 is 4.42 Å². The smallest absolute Gasteiger partial charge is 0.154 e. The minimum absolute atomic E-state index is 0.724. The molecule has 0 aromatic carbocycles. The zero-order valence-corrected chi connectivity index (χ0v) is 11.6. The normalized spacial score (nSPS) is 11.1. The van der Waals surface area contributed by atoms with Crippen LogP contribution in [0, 0.1) is 6.92 Å². The van der Waals surface area contributed by atoms with Gasteiger partial charge in [0.2, 0.25) is 0 Å². The molecule has 0 aliphatic rings. The van der Waals surface area contributed by atoms with Crippen molar-refractivity contribution in [3.8, 4) is 11.5 Å². The van der Waals surface area contributed by atoms with E-state index in [4.69, 9.17) is 4.42 Å². The summed E-state index contributed by atoms with van der Waals surface area (Å²) in [6, 6.07) is 5.74. The molecule has 0 aliphatic carbocycles. The van der Waals surface area contributed by atoms with Gasteiger partial charge in [-0.3, -0.25) is 9.78 Å². The van der Waals surface area contributed by atoms with Crippen LogP contribution in [-0.4, -0.2) is 20.0 Å². The molecule has 3 aromatic heterocycles. The van der Waals surface area contributed by atoms with Gasteiger partial charge in [0.1, 0.15) is 5.69 Å². The number of H-pyrrole nitrogens is 1. The third kappa shape index (κ3) is 2.50. The highest BCUT2D eigenvalue weighted by molar-refractivity contribution is 5.51. The second-order valence-electron chi connectivity index (χ2n) is 4.74. The molecule has 0 saturated carbocycles. The first-order valence-electron chi connectivity index (χ1n) is 6.50. The number of aryl methyl sites for hydroxylation is 1. The summed E-state index contributed by atoms with van der Waals surface area (Å²) in [6.07, 6.45) is 3.54. The molecule has 0 amide bonds. The van der Waals surface area contributed by atoms with Crippen LogP contribution in [0.2, 0.25) is 0 Å². The summed E-state index contributed by atoms with van der Waals surface area (Å²) in [5.74, 6) is 0.774. The molecule has 0 atom stereocenters. The molecule has 6 heteroatoms. The molecule has 0 saturated heterocycles. The Morgan fingerprint density at radius 3 is 3.00 bits per heavy atom. The van der Waals surface area contributed by atoms with Crippen molar-refractivity contribution in [2.24, 2.45) is 7.05 Å². The van der Waals surface area contributed by atoms with Gasteiger partial charge in [-0.05, 0) is 25.1 Å². The highest BCUT2D eigenvalue weighted by Crippen LogP contribution is 2.17. The molecular weight excluding hydrogens is 254 g/mol. The number of nitrogens with zero attached hydrogens (tertiary/aromatic N) is 3. The Kier molecular flexibility index (Phi) is 3.39. The van der Waals surface area contributed by atoms with Gasteiger partial charge in [-0.25, -0.2) is 0 Å². The van der Waals surface area contributed by atoms with Crippen molar-refractivity contribution in [1.29, 1.82) is 0 Å².